The number of carbonyl (C=O) groups is 1. The number of sulfonamides is 1. The van der Waals surface area contributed by atoms with E-state index in [1.54, 1.807) is 0 Å². The standard InChI is InChI=1S/C12H15NO5S/c1-18-9-6-7-13(8-9)19(16,17)11-5-3-2-4-10(11)12(14)15/h2-5,9H,6-8H2,1H3,(H,14,15). The zero-order valence-electron chi connectivity index (χ0n) is 10.4. The van der Waals surface area contributed by atoms with E-state index in [-0.39, 0.29) is 23.1 Å². The molecule has 1 fully saturated rings. The van der Waals surface area contributed by atoms with Crippen LogP contribution in [-0.4, -0.2) is 50.1 Å². The van der Waals surface area contributed by atoms with Crippen LogP contribution in [0.15, 0.2) is 29.2 Å². The Morgan fingerprint density at radius 3 is 2.68 bits per heavy atom. The monoisotopic (exact) mass is 285 g/mol. The third-order valence-corrected chi connectivity index (χ3v) is 5.10. The Bertz CT molecular complexity index is 584. The molecule has 0 radical (unpaired) electrons. The van der Waals surface area contributed by atoms with Crippen molar-refractivity contribution in [1.29, 1.82) is 0 Å². The molecule has 1 aliphatic heterocycles. The lowest BCUT2D eigenvalue weighted by Gasteiger charge is -2.17. The molecule has 1 aromatic rings. The first-order valence-corrected chi connectivity index (χ1v) is 7.26. The molecule has 1 aromatic carbocycles. The molecule has 1 N–H and O–H groups in total. The molecule has 6 nitrogen and oxygen atoms in total. The van der Waals surface area contributed by atoms with Crippen molar-refractivity contribution in [3.05, 3.63) is 29.8 Å². The molecular weight excluding hydrogens is 270 g/mol. The number of hydrogen-bond acceptors (Lipinski definition) is 4. The van der Waals surface area contributed by atoms with Crippen LogP contribution in [0, 0.1) is 0 Å². The van der Waals surface area contributed by atoms with Gasteiger partial charge in [0.2, 0.25) is 10.0 Å². The molecule has 1 saturated heterocycles. The molecule has 0 amide bonds. The van der Waals surface area contributed by atoms with Gasteiger partial charge < -0.3 is 9.84 Å². The third-order valence-electron chi connectivity index (χ3n) is 3.18. The van der Waals surface area contributed by atoms with Crippen LogP contribution in [0.5, 0.6) is 0 Å². The Hall–Kier alpha value is -1.44. The highest BCUT2D eigenvalue weighted by Gasteiger charge is 2.34. The van der Waals surface area contributed by atoms with Crippen molar-refractivity contribution in [1.82, 2.24) is 4.31 Å². The maximum atomic E-state index is 12.4. The molecule has 0 aliphatic carbocycles. The van der Waals surface area contributed by atoms with Gasteiger partial charge in [0.25, 0.3) is 0 Å². The van der Waals surface area contributed by atoms with Crippen molar-refractivity contribution >= 4 is 16.0 Å². The van der Waals surface area contributed by atoms with Crippen LogP contribution in [0.3, 0.4) is 0 Å². The molecule has 0 aromatic heterocycles. The Morgan fingerprint density at radius 1 is 1.42 bits per heavy atom. The fourth-order valence-corrected chi connectivity index (χ4v) is 3.79. The molecule has 19 heavy (non-hydrogen) atoms. The van der Waals surface area contributed by atoms with Crippen molar-refractivity contribution in [3.8, 4) is 0 Å². The van der Waals surface area contributed by atoms with E-state index in [4.69, 9.17) is 9.84 Å². The van der Waals surface area contributed by atoms with Gasteiger partial charge >= 0.3 is 5.97 Å². The lowest BCUT2D eigenvalue weighted by atomic mass is 10.2. The second-order valence-corrected chi connectivity index (χ2v) is 6.22. The highest BCUT2D eigenvalue weighted by atomic mass is 32.2. The predicted octanol–water partition coefficient (Wildman–Crippen LogP) is 0.794. The highest BCUT2D eigenvalue weighted by Crippen LogP contribution is 2.24. The molecule has 1 aliphatic rings. The molecule has 1 heterocycles. The van der Waals surface area contributed by atoms with Crippen molar-refractivity contribution in [2.24, 2.45) is 0 Å². The van der Waals surface area contributed by atoms with Crippen LogP contribution >= 0.6 is 0 Å². The van der Waals surface area contributed by atoms with E-state index >= 15 is 0 Å². The zero-order valence-corrected chi connectivity index (χ0v) is 11.3. The second kappa shape index (κ2) is 5.28. The summed E-state index contributed by atoms with van der Waals surface area (Å²) in [4.78, 5) is 10.9. The maximum Gasteiger partial charge on any atom is 0.337 e. The van der Waals surface area contributed by atoms with E-state index in [1.807, 2.05) is 0 Å². The molecule has 1 unspecified atom stereocenters. The predicted molar refractivity (Wildman–Crippen MR) is 67.6 cm³/mol. The number of carboxylic acids is 1. The minimum absolute atomic E-state index is 0.133. The van der Waals surface area contributed by atoms with Gasteiger partial charge in [-0.15, -0.1) is 0 Å². The first-order chi connectivity index (χ1) is 8.96. The van der Waals surface area contributed by atoms with Gasteiger partial charge in [0.15, 0.2) is 0 Å². The van der Waals surface area contributed by atoms with Crippen molar-refractivity contribution in [2.45, 2.75) is 17.4 Å². The molecular formula is C12H15NO5S. The van der Waals surface area contributed by atoms with Gasteiger partial charge in [-0.05, 0) is 18.6 Å². The summed E-state index contributed by atoms with van der Waals surface area (Å²) in [5, 5.41) is 9.06. The first-order valence-electron chi connectivity index (χ1n) is 5.82. The van der Waals surface area contributed by atoms with Crippen LogP contribution in [0.4, 0.5) is 0 Å². The topological polar surface area (TPSA) is 83.9 Å². The number of carboxylic acid groups (broad SMARTS) is 1. The summed E-state index contributed by atoms with van der Waals surface area (Å²) >= 11 is 0. The van der Waals surface area contributed by atoms with E-state index in [9.17, 15) is 13.2 Å². The molecule has 2 rings (SSSR count). The minimum atomic E-state index is -3.78. The summed E-state index contributed by atoms with van der Waals surface area (Å²) in [6.45, 7) is 0.599. The summed E-state index contributed by atoms with van der Waals surface area (Å²) < 4.78 is 31.3. The SMILES string of the molecule is COC1CCN(S(=O)(=O)c2ccccc2C(=O)O)C1. The molecule has 1 atom stereocenters. The quantitative estimate of drug-likeness (QED) is 0.884. The summed E-state index contributed by atoms with van der Waals surface area (Å²) in [7, 11) is -2.25. The average molecular weight is 285 g/mol. The highest BCUT2D eigenvalue weighted by molar-refractivity contribution is 7.89. The molecule has 7 heteroatoms. The fourth-order valence-electron chi connectivity index (χ4n) is 2.12. The fraction of sp³-hybridized carbons (Fsp3) is 0.417. The minimum Gasteiger partial charge on any atom is -0.478 e. The van der Waals surface area contributed by atoms with Gasteiger partial charge in [-0.1, -0.05) is 12.1 Å². The Morgan fingerprint density at radius 2 is 2.11 bits per heavy atom. The summed E-state index contributed by atoms with van der Waals surface area (Å²) in [6.07, 6.45) is 0.483. The van der Waals surface area contributed by atoms with Gasteiger partial charge in [0, 0.05) is 20.2 Å². The van der Waals surface area contributed by atoms with E-state index in [1.165, 1.54) is 35.7 Å². The van der Waals surface area contributed by atoms with E-state index in [2.05, 4.69) is 0 Å². The molecule has 0 saturated carbocycles. The smallest absolute Gasteiger partial charge is 0.337 e. The van der Waals surface area contributed by atoms with Crippen molar-refractivity contribution < 1.29 is 23.1 Å². The molecule has 0 bridgehead atoms. The van der Waals surface area contributed by atoms with E-state index < -0.39 is 16.0 Å². The molecule has 0 spiro atoms. The van der Waals surface area contributed by atoms with Crippen LogP contribution in [0.1, 0.15) is 16.8 Å². The summed E-state index contributed by atoms with van der Waals surface area (Å²) in [6, 6.07) is 5.63. The number of benzene rings is 1. The van der Waals surface area contributed by atoms with Crippen LogP contribution < -0.4 is 0 Å². The first kappa shape index (κ1) is 14.0. The van der Waals surface area contributed by atoms with Crippen LogP contribution in [-0.2, 0) is 14.8 Å². The normalized spacial score (nSPS) is 20.6. The summed E-state index contributed by atoms with van der Waals surface area (Å²) in [5.41, 5.74) is -0.205. The lowest BCUT2D eigenvalue weighted by molar-refractivity contribution is 0.0692. The largest absolute Gasteiger partial charge is 0.478 e. The van der Waals surface area contributed by atoms with E-state index in [0.717, 1.165) is 0 Å². The van der Waals surface area contributed by atoms with Gasteiger partial charge in [0.1, 0.15) is 0 Å². The number of ether oxygens (including phenoxy) is 1. The Balaban J connectivity index is 2.38. The number of methoxy groups -OCH3 is 1. The Labute approximate surface area is 111 Å². The van der Waals surface area contributed by atoms with Gasteiger partial charge in [0.05, 0.1) is 16.6 Å². The number of nitrogens with zero attached hydrogens (tertiary/aromatic N) is 1. The van der Waals surface area contributed by atoms with E-state index in [0.29, 0.717) is 13.0 Å². The maximum absolute atomic E-state index is 12.4. The number of aromatic carboxylic acids is 1. The number of hydrogen-bond donors (Lipinski definition) is 1. The van der Waals surface area contributed by atoms with Crippen LogP contribution in [0.2, 0.25) is 0 Å². The van der Waals surface area contributed by atoms with Gasteiger partial charge in [-0.2, -0.15) is 4.31 Å². The van der Waals surface area contributed by atoms with Crippen LogP contribution in [0.25, 0.3) is 0 Å². The lowest BCUT2D eigenvalue weighted by Crippen LogP contribution is -2.31. The number of rotatable bonds is 4. The van der Waals surface area contributed by atoms with Gasteiger partial charge in [-0.25, -0.2) is 13.2 Å². The second-order valence-electron chi connectivity index (χ2n) is 4.31. The third kappa shape index (κ3) is 2.63. The summed E-state index contributed by atoms with van der Waals surface area (Å²) in [5.74, 6) is -1.25. The van der Waals surface area contributed by atoms with Crippen molar-refractivity contribution in [2.75, 3.05) is 20.2 Å². The molecule has 104 valence electrons. The Kier molecular flexibility index (Phi) is 3.88. The zero-order chi connectivity index (χ0) is 14.0. The van der Waals surface area contributed by atoms with Gasteiger partial charge in [-0.3, -0.25) is 0 Å². The average Bonchev–Trinajstić information content (AvgIpc) is 2.88. The van der Waals surface area contributed by atoms with Crippen molar-refractivity contribution in [3.63, 3.8) is 0 Å².